The summed E-state index contributed by atoms with van der Waals surface area (Å²) in [6, 6.07) is 7.17. The average molecular weight is 586 g/mol. The first-order valence-electron chi connectivity index (χ1n) is 14.7. The summed E-state index contributed by atoms with van der Waals surface area (Å²) in [7, 11) is 0. The van der Waals surface area contributed by atoms with E-state index < -0.39 is 0 Å². The highest BCUT2D eigenvalue weighted by Crippen LogP contribution is 2.16. The number of hydrogen-bond acceptors (Lipinski definition) is 10. The van der Waals surface area contributed by atoms with E-state index in [4.69, 9.17) is 37.9 Å². The molecule has 0 spiro atoms. The van der Waals surface area contributed by atoms with Crippen LogP contribution < -0.4 is 10.1 Å². The monoisotopic (exact) mass is 585 g/mol. The fraction of sp³-hybridized carbons (Fsp3) is 0.733. The summed E-state index contributed by atoms with van der Waals surface area (Å²) in [6.07, 6.45) is 3.83. The van der Waals surface area contributed by atoms with Crippen molar-refractivity contribution in [3.05, 3.63) is 24.3 Å². The van der Waals surface area contributed by atoms with Gasteiger partial charge in [-0.15, -0.1) is 0 Å². The molecule has 236 valence electrons. The van der Waals surface area contributed by atoms with Crippen LogP contribution in [0.2, 0.25) is 0 Å². The number of carbonyl (C=O) groups is 2. The molecule has 1 atom stereocenters. The number of amides is 1. The van der Waals surface area contributed by atoms with Gasteiger partial charge in [-0.05, 0) is 37.1 Å². The van der Waals surface area contributed by atoms with Crippen LogP contribution in [0.3, 0.4) is 0 Å². The third-order valence-corrected chi connectivity index (χ3v) is 5.74. The average Bonchev–Trinajstić information content (AvgIpc) is 2.96. The maximum atomic E-state index is 12.0. The fourth-order valence-corrected chi connectivity index (χ4v) is 3.52. The molecule has 0 saturated heterocycles. The quantitative estimate of drug-likeness (QED) is 0.115. The lowest BCUT2D eigenvalue weighted by Crippen LogP contribution is -2.20. The maximum absolute atomic E-state index is 12.0. The van der Waals surface area contributed by atoms with E-state index in [1.807, 2.05) is 6.92 Å². The Labute approximate surface area is 245 Å². The van der Waals surface area contributed by atoms with Gasteiger partial charge in [0.25, 0.3) is 0 Å². The third-order valence-electron chi connectivity index (χ3n) is 5.74. The number of ether oxygens (including phenoxy) is 8. The summed E-state index contributed by atoms with van der Waals surface area (Å²) in [5, 5.41) is 2.71. The summed E-state index contributed by atoms with van der Waals surface area (Å²) >= 11 is 0. The zero-order valence-electron chi connectivity index (χ0n) is 25.2. The Hall–Kier alpha value is -2.28. The van der Waals surface area contributed by atoms with Crippen molar-refractivity contribution in [1.82, 2.24) is 0 Å². The van der Waals surface area contributed by atoms with Gasteiger partial charge in [0.1, 0.15) is 19.0 Å². The van der Waals surface area contributed by atoms with Crippen molar-refractivity contribution < 1.29 is 47.5 Å². The molecular weight excluding hydrogens is 534 g/mol. The SMILES string of the molecule is CCCCC(CC)C(=O)OCCOCCOCCOCCOCCOCCOCCOc1ccc(NC(C)=O)cc1. The standard InChI is InChI=1S/C30H51NO10/c1-4-6-7-27(5-2)30(33)41-25-23-39-21-19-37-17-15-35-13-12-34-14-16-36-18-20-38-22-24-40-29-10-8-28(9-11-29)31-26(3)32/h8-11,27H,4-7,12-25H2,1-3H3,(H,31,32). The second kappa shape index (κ2) is 26.6. The highest BCUT2D eigenvalue weighted by Gasteiger charge is 2.16. The summed E-state index contributed by atoms with van der Waals surface area (Å²) in [5.74, 6) is 0.481. The van der Waals surface area contributed by atoms with Crippen molar-refractivity contribution in [2.75, 3.05) is 97.8 Å². The van der Waals surface area contributed by atoms with Gasteiger partial charge in [-0.2, -0.15) is 0 Å². The van der Waals surface area contributed by atoms with Crippen molar-refractivity contribution in [2.45, 2.75) is 46.5 Å². The van der Waals surface area contributed by atoms with Gasteiger partial charge in [0.05, 0.1) is 85.2 Å². The van der Waals surface area contributed by atoms with E-state index in [1.54, 1.807) is 24.3 Å². The second-order valence-corrected chi connectivity index (χ2v) is 9.14. The van der Waals surface area contributed by atoms with Crippen LogP contribution in [0.15, 0.2) is 24.3 Å². The van der Waals surface area contributed by atoms with E-state index in [9.17, 15) is 9.59 Å². The predicted molar refractivity (Wildman–Crippen MR) is 155 cm³/mol. The van der Waals surface area contributed by atoms with Gasteiger partial charge in [0, 0.05) is 12.6 Å². The Balaban J connectivity index is 1.76. The molecule has 0 aliphatic rings. The minimum absolute atomic E-state index is 0.00419. The van der Waals surface area contributed by atoms with Crippen molar-refractivity contribution in [3.8, 4) is 5.75 Å². The van der Waals surface area contributed by atoms with Crippen molar-refractivity contribution in [1.29, 1.82) is 0 Å². The number of esters is 1. The van der Waals surface area contributed by atoms with Gasteiger partial charge in [-0.1, -0.05) is 26.7 Å². The molecule has 0 saturated carbocycles. The van der Waals surface area contributed by atoms with Crippen LogP contribution >= 0.6 is 0 Å². The smallest absolute Gasteiger partial charge is 0.308 e. The summed E-state index contributed by atoms with van der Waals surface area (Å²) in [5.41, 5.74) is 0.731. The molecule has 11 nitrogen and oxygen atoms in total. The van der Waals surface area contributed by atoms with Gasteiger partial charge >= 0.3 is 5.97 Å². The molecule has 1 unspecified atom stereocenters. The molecule has 0 heterocycles. The lowest BCUT2D eigenvalue weighted by Gasteiger charge is -2.13. The highest BCUT2D eigenvalue weighted by molar-refractivity contribution is 5.88. The zero-order valence-corrected chi connectivity index (χ0v) is 25.2. The first-order valence-corrected chi connectivity index (χ1v) is 14.7. The van der Waals surface area contributed by atoms with Crippen LogP contribution in [0, 0.1) is 5.92 Å². The van der Waals surface area contributed by atoms with Crippen LogP contribution in [-0.2, 0) is 42.7 Å². The highest BCUT2D eigenvalue weighted by atomic mass is 16.6. The van der Waals surface area contributed by atoms with Gasteiger partial charge < -0.3 is 43.2 Å². The van der Waals surface area contributed by atoms with E-state index in [1.165, 1.54) is 6.92 Å². The number of nitrogens with one attached hydrogen (secondary N) is 1. The molecule has 0 bridgehead atoms. The molecule has 11 heteroatoms. The molecule has 41 heavy (non-hydrogen) atoms. The van der Waals surface area contributed by atoms with Crippen molar-refractivity contribution >= 4 is 17.6 Å². The van der Waals surface area contributed by atoms with Crippen molar-refractivity contribution in [3.63, 3.8) is 0 Å². The number of unbranched alkanes of at least 4 members (excludes halogenated alkanes) is 1. The van der Waals surface area contributed by atoms with Crippen LogP contribution in [0.25, 0.3) is 0 Å². The Morgan fingerprint density at radius 2 is 1.10 bits per heavy atom. The third kappa shape index (κ3) is 22.0. The molecule has 1 aromatic carbocycles. The van der Waals surface area contributed by atoms with Gasteiger partial charge in [0.15, 0.2) is 0 Å². The molecular formula is C30H51NO10. The Bertz CT molecular complexity index is 762. The van der Waals surface area contributed by atoms with Gasteiger partial charge in [-0.3, -0.25) is 9.59 Å². The topological polar surface area (TPSA) is 120 Å². The lowest BCUT2D eigenvalue weighted by molar-refractivity contribution is -0.150. The number of rotatable bonds is 28. The minimum Gasteiger partial charge on any atom is -0.491 e. The van der Waals surface area contributed by atoms with E-state index in [0.717, 1.165) is 31.4 Å². The van der Waals surface area contributed by atoms with E-state index in [2.05, 4.69) is 12.2 Å². The number of benzene rings is 1. The maximum Gasteiger partial charge on any atom is 0.308 e. The zero-order chi connectivity index (χ0) is 29.8. The van der Waals surface area contributed by atoms with E-state index in [0.29, 0.717) is 91.6 Å². The first-order chi connectivity index (χ1) is 20.1. The molecule has 0 aliphatic heterocycles. The van der Waals surface area contributed by atoms with Crippen LogP contribution in [0.4, 0.5) is 5.69 Å². The Kier molecular flexibility index (Phi) is 23.8. The molecule has 0 aliphatic carbocycles. The number of hydrogen-bond donors (Lipinski definition) is 1. The summed E-state index contributed by atoms with van der Waals surface area (Å²) in [6.45, 7) is 11.9. The molecule has 1 N–H and O–H groups in total. The number of carbonyl (C=O) groups excluding carboxylic acids is 2. The predicted octanol–water partition coefficient (Wildman–Crippen LogP) is 3.88. The molecule has 1 amide bonds. The fourth-order valence-electron chi connectivity index (χ4n) is 3.52. The van der Waals surface area contributed by atoms with Crippen molar-refractivity contribution in [2.24, 2.45) is 5.92 Å². The van der Waals surface area contributed by atoms with Gasteiger partial charge in [-0.25, -0.2) is 0 Å². The largest absolute Gasteiger partial charge is 0.491 e. The van der Waals surface area contributed by atoms with Crippen LogP contribution in [0.5, 0.6) is 5.75 Å². The lowest BCUT2D eigenvalue weighted by atomic mass is 10.00. The minimum atomic E-state index is -0.122. The van der Waals surface area contributed by atoms with E-state index >= 15 is 0 Å². The summed E-state index contributed by atoms with van der Waals surface area (Å²) in [4.78, 5) is 23.0. The molecule has 0 aromatic heterocycles. The Morgan fingerprint density at radius 1 is 0.659 bits per heavy atom. The number of anilines is 1. The molecule has 1 rings (SSSR count). The van der Waals surface area contributed by atoms with Gasteiger partial charge in [0.2, 0.25) is 5.91 Å². The molecule has 0 radical (unpaired) electrons. The van der Waals surface area contributed by atoms with Crippen LogP contribution in [-0.4, -0.2) is 104 Å². The summed E-state index contributed by atoms with van der Waals surface area (Å²) < 4.78 is 43.7. The molecule has 1 aromatic rings. The van der Waals surface area contributed by atoms with Crippen LogP contribution in [0.1, 0.15) is 46.5 Å². The molecule has 0 fully saturated rings. The Morgan fingerprint density at radius 3 is 1.51 bits per heavy atom. The first kappa shape index (κ1) is 36.7. The second-order valence-electron chi connectivity index (χ2n) is 9.14. The normalized spacial score (nSPS) is 11.8. The van der Waals surface area contributed by atoms with E-state index in [-0.39, 0.29) is 24.4 Å².